The van der Waals surface area contributed by atoms with Gasteiger partial charge in [0.25, 0.3) is 0 Å². The van der Waals surface area contributed by atoms with Crippen LogP contribution in [0, 0.1) is 6.92 Å². The second-order valence-electron chi connectivity index (χ2n) is 5.40. The van der Waals surface area contributed by atoms with Gasteiger partial charge in [-0.2, -0.15) is 0 Å². The van der Waals surface area contributed by atoms with Gasteiger partial charge in [-0.25, -0.2) is 13.1 Å². The summed E-state index contributed by atoms with van der Waals surface area (Å²) in [6.07, 6.45) is 0. The van der Waals surface area contributed by atoms with E-state index in [4.69, 9.17) is 0 Å². The van der Waals surface area contributed by atoms with Crippen molar-refractivity contribution in [1.29, 1.82) is 0 Å². The van der Waals surface area contributed by atoms with E-state index in [9.17, 15) is 8.42 Å². The molecule has 0 bridgehead atoms. The molecule has 0 saturated carbocycles. The molecule has 0 radical (unpaired) electrons. The second kappa shape index (κ2) is 6.87. The van der Waals surface area contributed by atoms with E-state index in [1.54, 1.807) is 0 Å². The molecule has 1 atom stereocenters. The van der Waals surface area contributed by atoms with Gasteiger partial charge in [0.2, 0.25) is 10.0 Å². The summed E-state index contributed by atoms with van der Waals surface area (Å²) in [6.45, 7) is 4.42. The normalized spacial score (nSPS) is 13.0. The van der Waals surface area contributed by atoms with Gasteiger partial charge < -0.3 is 0 Å². The minimum atomic E-state index is -3.30. The van der Waals surface area contributed by atoms with E-state index in [1.807, 2.05) is 68.4 Å². The van der Waals surface area contributed by atoms with Crippen LogP contribution < -0.4 is 4.72 Å². The van der Waals surface area contributed by atoms with Crippen molar-refractivity contribution in [1.82, 2.24) is 4.72 Å². The van der Waals surface area contributed by atoms with E-state index in [-0.39, 0.29) is 11.7 Å². The Hall–Kier alpha value is -1.65. The first-order valence-corrected chi connectivity index (χ1v) is 8.69. The molecule has 2 aromatic carbocycles. The van der Waals surface area contributed by atoms with E-state index in [0.717, 1.165) is 16.7 Å². The van der Waals surface area contributed by atoms with Gasteiger partial charge in [-0.1, -0.05) is 67.1 Å². The molecule has 4 heteroatoms. The summed E-state index contributed by atoms with van der Waals surface area (Å²) in [5, 5.41) is 0. The summed E-state index contributed by atoms with van der Waals surface area (Å²) in [4.78, 5) is 0. The predicted molar refractivity (Wildman–Crippen MR) is 86.7 cm³/mol. The fraction of sp³-hybridized carbons (Fsp3) is 0.294. The molecule has 0 spiro atoms. The standard InChI is InChI=1S/C17H21NO2S/c1-14-8-10-16(11-9-14)13-21(19,20)18-12-15(2)17-6-4-3-5-7-17/h3-11,15,18H,12-13H2,1-2H3. The zero-order valence-corrected chi connectivity index (χ0v) is 13.2. The van der Waals surface area contributed by atoms with Crippen LogP contribution in [0.3, 0.4) is 0 Å². The fourth-order valence-electron chi connectivity index (χ4n) is 2.11. The highest BCUT2D eigenvalue weighted by Gasteiger charge is 2.13. The largest absolute Gasteiger partial charge is 0.215 e. The predicted octanol–water partition coefficient (Wildman–Crippen LogP) is 3.22. The quantitative estimate of drug-likeness (QED) is 0.890. The lowest BCUT2D eigenvalue weighted by molar-refractivity contribution is 0.574. The molecular weight excluding hydrogens is 282 g/mol. The van der Waals surface area contributed by atoms with Crippen molar-refractivity contribution >= 4 is 10.0 Å². The number of nitrogens with one attached hydrogen (secondary N) is 1. The van der Waals surface area contributed by atoms with Crippen LogP contribution in [0.4, 0.5) is 0 Å². The van der Waals surface area contributed by atoms with Gasteiger partial charge in [0, 0.05) is 6.54 Å². The zero-order valence-electron chi connectivity index (χ0n) is 12.4. The average Bonchev–Trinajstić information content (AvgIpc) is 2.48. The molecule has 0 heterocycles. The number of benzene rings is 2. The van der Waals surface area contributed by atoms with Crippen LogP contribution in [-0.4, -0.2) is 15.0 Å². The first-order chi connectivity index (χ1) is 9.96. The highest BCUT2D eigenvalue weighted by atomic mass is 32.2. The van der Waals surface area contributed by atoms with Crippen molar-refractivity contribution in [2.24, 2.45) is 0 Å². The summed E-state index contributed by atoms with van der Waals surface area (Å²) in [6, 6.07) is 17.5. The lowest BCUT2D eigenvalue weighted by atomic mass is 10.0. The SMILES string of the molecule is Cc1ccc(CS(=O)(=O)NCC(C)c2ccccc2)cc1. The molecule has 112 valence electrons. The van der Waals surface area contributed by atoms with Gasteiger partial charge in [-0.15, -0.1) is 0 Å². The van der Waals surface area contributed by atoms with Crippen LogP contribution in [-0.2, 0) is 15.8 Å². The van der Waals surface area contributed by atoms with Crippen LogP contribution in [0.25, 0.3) is 0 Å². The summed E-state index contributed by atoms with van der Waals surface area (Å²) < 4.78 is 26.9. The fourth-order valence-corrected chi connectivity index (χ4v) is 3.34. The van der Waals surface area contributed by atoms with Gasteiger partial charge in [0.15, 0.2) is 0 Å². The molecule has 0 aliphatic rings. The van der Waals surface area contributed by atoms with Crippen LogP contribution in [0.2, 0.25) is 0 Å². The lowest BCUT2D eigenvalue weighted by Crippen LogP contribution is -2.28. The zero-order chi connectivity index (χ0) is 15.3. The minimum absolute atomic E-state index is 0.0226. The van der Waals surface area contributed by atoms with Crippen LogP contribution in [0.1, 0.15) is 29.5 Å². The highest BCUT2D eigenvalue weighted by molar-refractivity contribution is 7.88. The Balaban J connectivity index is 1.94. The molecule has 0 saturated heterocycles. The van der Waals surface area contributed by atoms with Gasteiger partial charge >= 0.3 is 0 Å². The summed E-state index contributed by atoms with van der Waals surface area (Å²) in [5.74, 6) is 0.174. The van der Waals surface area contributed by atoms with Gasteiger partial charge in [-0.05, 0) is 24.0 Å². The van der Waals surface area contributed by atoms with E-state index >= 15 is 0 Å². The molecule has 0 aliphatic heterocycles. The average molecular weight is 303 g/mol. The number of hydrogen-bond donors (Lipinski definition) is 1. The van der Waals surface area contributed by atoms with Crippen molar-refractivity contribution in [3.63, 3.8) is 0 Å². The van der Waals surface area contributed by atoms with Crippen molar-refractivity contribution in [3.05, 3.63) is 71.3 Å². The Kier molecular flexibility index (Phi) is 5.15. The Morgan fingerprint density at radius 3 is 2.24 bits per heavy atom. The maximum absolute atomic E-state index is 12.1. The number of aryl methyl sites for hydroxylation is 1. The van der Waals surface area contributed by atoms with Crippen molar-refractivity contribution in [3.8, 4) is 0 Å². The van der Waals surface area contributed by atoms with Gasteiger partial charge in [0.05, 0.1) is 5.75 Å². The molecule has 0 aliphatic carbocycles. The van der Waals surface area contributed by atoms with E-state index in [1.165, 1.54) is 0 Å². The molecule has 0 amide bonds. The van der Waals surface area contributed by atoms with Gasteiger partial charge in [-0.3, -0.25) is 0 Å². The highest BCUT2D eigenvalue weighted by Crippen LogP contribution is 2.14. The minimum Gasteiger partial charge on any atom is -0.214 e. The number of rotatable bonds is 6. The van der Waals surface area contributed by atoms with Crippen LogP contribution >= 0.6 is 0 Å². The maximum atomic E-state index is 12.1. The third kappa shape index (κ3) is 4.99. The molecule has 0 fully saturated rings. The van der Waals surface area contributed by atoms with Crippen molar-refractivity contribution in [2.75, 3.05) is 6.54 Å². The monoisotopic (exact) mass is 303 g/mol. The van der Waals surface area contributed by atoms with E-state index < -0.39 is 10.0 Å². The van der Waals surface area contributed by atoms with Crippen LogP contribution in [0.15, 0.2) is 54.6 Å². The van der Waals surface area contributed by atoms with E-state index in [0.29, 0.717) is 6.54 Å². The first-order valence-electron chi connectivity index (χ1n) is 7.04. The molecule has 21 heavy (non-hydrogen) atoms. The summed E-state index contributed by atoms with van der Waals surface area (Å²) >= 11 is 0. The van der Waals surface area contributed by atoms with E-state index in [2.05, 4.69) is 4.72 Å². The smallest absolute Gasteiger partial charge is 0.214 e. The molecule has 2 rings (SSSR count). The Bertz CT molecular complexity index is 664. The number of hydrogen-bond acceptors (Lipinski definition) is 2. The van der Waals surface area contributed by atoms with Crippen molar-refractivity contribution in [2.45, 2.75) is 25.5 Å². The maximum Gasteiger partial charge on any atom is 0.215 e. The molecule has 1 N–H and O–H groups in total. The Morgan fingerprint density at radius 1 is 1.00 bits per heavy atom. The molecule has 2 aromatic rings. The molecular formula is C17H21NO2S. The molecule has 0 aromatic heterocycles. The Morgan fingerprint density at radius 2 is 1.62 bits per heavy atom. The number of sulfonamides is 1. The third-order valence-corrected chi connectivity index (χ3v) is 4.78. The topological polar surface area (TPSA) is 46.2 Å². The summed E-state index contributed by atoms with van der Waals surface area (Å²) in [5.41, 5.74) is 3.07. The lowest BCUT2D eigenvalue weighted by Gasteiger charge is -2.13. The second-order valence-corrected chi connectivity index (χ2v) is 7.21. The molecule has 1 unspecified atom stereocenters. The summed E-state index contributed by atoms with van der Waals surface area (Å²) in [7, 11) is -3.30. The van der Waals surface area contributed by atoms with Crippen LogP contribution in [0.5, 0.6) is 0 Å². The van der Waals surface area contributed by atoms with Crippen molar-refractivity contribution < 1.29 is 8.42 Å². The van der Waals surface area contributed by atoms with Gasteiger partial charge in [0.1, 0.15) is 0 Å². The third-order valence-electron chi connectivity index (χ3n) is 3.46. The molecule has 3 nitrogen and oxygen atoms in total. The first kappa shape index (κ1) is 15.7. The Labute approximate surface area is 127 Å².